The van der Waals surface area contributed by atoms with Crippen molar-refractivity contribution >= 4 is 23.3 Å². The average molecular weight is 389 g/mol. The number of anilines is 1. The molecule has 1 aromatic heterocycles. The molecular formula is C19H11N5O3S. The van der Waals surface area contributed by atoms with Crippen LogP contribution in [0.4, 0.5) is 11.5 Å². The molecule has 0 unspecified atom stereocenters. The molecule has 0 bridgehead atoms. The van der Waals surface area contributed by atoms with Crippen molar-refractivity contribution in [2.75, 3.05) is 5.73 Å². The van der Waals surface area contributed by atoms with Crippen LogP contribution in [0, 0.1) is 32.8 Å². The number of nitrogens with one attached hydrogen (secondary N) is 1. The molecule has 0 saturated heterocycles. The number of benzene rings is 2. The van der Waals surface area contributed by atoms with Crippen molar-refractivity contribution in [3.63, 3.8) is 0 Å². The summed E-state index contributed by atoms with van der Waals surface area (Å²) in [6, 6.07) is 17.0. The topological polar surface area (TPSA) is 150 Å². The summed E-state index contributed by atoms with van der Waals surface area (Å²) in [6.45, 7) is 0. The van der Waals surface area contributed by atoms with E-state index in [0.29, 0.717) is 4.90 Å². The number of nitrogens with two attached hydrogens (primary N) is 1. The van der Waals surface area contributed by atoms with Crippen molar-refractivity contribution in [2.45, 2.75) is 9.79 Å². The van der Waals surface area contributed by atoms with Gasteiger partial charge < -0.3 is 10.7 Å². The van der Waals surface area contributed by atoms with E-state index in [-0.39, 0.29) is 33.8 Å². The molecule has 28 heavy (non-hydrogen) atoms. The van der Waals surface area contributed by atoms with Crippen LogP contribution < -0.4 is 11.3 Å². The van der Waals surface area contributed by atoms with Gasteiger partial charge in [0.25, 0.3) is 11.2 Å². The summed E-state index contributed by atoms with van der Waals surface area (Å²) < 4.78 is 0. The van der Waals surface area contributed by atoms with Crippen LogP contribution in [0.2, 0.25) is 0 Å². The van der Waals surface area contributed by atoms with Gasteiger partial charge >= 0.3 is 0 Å². The number of nitro groups is 1. The maximum Gasteiger partial charge on any atom is 0.283 e. The lowest BCUT2D eigenvalue weighted by molar-refractivity contribution is -0.387. The second-order valence-corrected chi connectivity index (χ2v) is 6.69. The lowest BCUT2D eigenvalue weighted by atomic mass is 9.96. The highest BCUT2D eigenvalue weighted by molar-refractivity contribution is 7.99. The standard InChI is InChI=1S/C19H11N5O3S/c20-9-13-17(14(10-21)19(25)23-18(13)22)11-6-7-16(15(8-11)24(26)27)28-12-4-2-1-3-5-12/h1-8H,(H3,22,23,25). The molecular weight excluding hydrogens is 378 g/mol. The van der Waals surface area contributed by atoms with Crippen LogP contribution in [-0.2, 0) is 0 Å². The molecule has 0 spiro atoms. The van der Waals surface area contributed by atoms with Gasteiger partial charge in [0.2, 0.25) is 0 Å². The van der Waals surface area contributed by atoms with Crippen LogP contribution in [0.3, 0.4) is 0 Å². The Morgan fingerprint density at radius 1 is 1.07 bits per heavy atom. The van der Waals surface area contributed by atoms with Gasteiger partial charge in [-0.15, -0.1) is 0 Å². The van der Waals surface area contributed by atoms with Crippen molar-refractivity contribution in [3.05, 3.63) is 80.1 Å². The molecule has 0 atom stereocenters. The minimum atomic E-state index is -0.764. The SMILES string of the molecule is N#Cc1c(N)[nH]c(=O)c(C#N)c1-c1ccc(Sc2ccccc2)c([N+](=O)[O-])c1. The highest BCUT2D eigenvalue weighted by Gasteiger charge is 2.22. The summed E-state index contributed by atoms with van der Waals surface area (Å²) >= 11 is 1.21. The fourth-order valence-corrected chi connectivity index (χ4v) is 3.57. The Bertz CT molecular complexity index is 1220. The fourth-order valence-electron chi connectivity index (χ4n) is 2.65. The molecule has 0 aliphatic heterocycles. The first kappa shape index (κ1) is 18.7. The predicted octanol–water partition coefficient (Wildman–Crippen LogP) is 3.43. The Labute approximate surface area is 163 Å². The van der Waals surface area contributed by atoms with E-state index in [1.165, 1.54) is 30.0 Å². The maximum absolute atomic E-state index is 12.1. The summed E-state index contributed by atoms with van der Waals surface area (Å²) in [6.07, 6.45) is 0. The number of nitrogen functional groups attached to an aromatic ring is 1. The number of hydrogen-bond donors (Lipinski definition) is 2. The molecule has 0 radical (unpaired) electrons. The number of nitriles is 2. The molecule has 136 valence electrons. The van der Waals surface area contributed by atoms with Crippen LogP contribution in [-0.4, -0.2) is 9.91 Å². The summed E-state index contributed by atoms with van der Waals surface area (Å²) in [5.41, 5.74) is 4.44. The Hall–Kier alpha value is -4.08. The van der Waals surface area contributed by atoms with E-state index in [9.17, 15) is 25.4 Å². The second kappa shape index (κ2) is 7.66. The molecule has 3 N–H and O–H groups in total. The molecule has 0 fully saturated rings. The van der Waals surface area contributed by atoms with E-state index in [0.717, 1.165) is 4.90 Å². The summed E-state index contributed by atoms with van der Waals surface area (Å²) in [7, 11) is 0. The fraction of sp³-hybridized carbons (Fsp3) is 0. The number of pyridine rings is 1. The largest absolute Gasteiger partial charge is 0.384 e. The number of hydrogen-bond acceptors (Lipinski definition) is 7. The Morgan fingerprint density at radius 2 is 1.75 bits per heavy atom. The first-order valence-electron chi connectivity index (χ1n) is 7.84. The lowest BCUT2D eigenvalue weighted by Gasteiger charge is -2.10. The Morgan fingerprint density at radius 3 is 2.36 bits per heavy atom. The average Bonchev–Trinajstić information content (AvgIpc) is 2.68. The molecule has 1 heterocycles. The van der Waals surface area contributed by atoms with Crippen LogP contribution in [0.15, 0.2) is 63.1 Å². The molecule has 9 heteroatoms. The highest BCUT2D eigenvalue weighted by atomic mass is 32.2. The predicted molar refractivity (Wildman–Crippen MR) is 104 cm³/mol. The first-order valence-corrected chi connectivity index (χ1v) is 8.65. The van der Waals surface area contributed by atoms with Crippen molar-refractivity contribution in [3.8, 4) is 23.3 Å². The van der Waals surface area contributed by atoms with Gasteiger partial charge in [-0.1, -0.05) is 36.0 Å². The number of nitrogens with zero attached hydrogens (tertiary/aromatic N) is 3. The number of H-pyrrole nitrogens is 1. The summed E-state index contributed by atoms with van der Waals surface area (Å²) in [4.78, 5) is 26.5. The highest BCUT2D eigenvalue weighted by Crippen LogP contribution is 2.38. The van der Waals surface area contributed by atoms with Gasteiger partial charge in [0.1, 0.15) is 29.1 Å². The number of rotatable bonds is 4. The van der Waals surface area contributed by atoms with E-state index in [1.807, 2.05) is 36.4 Å². The van der Waals surface area contributed by atoms with Crippen molar-refractivity contribution < 1.29 is 4.92 Å². The quantitative estimate of drug-likeness (QED) is 0.512. The first-order chi connectivity index (χ1) is 13.5. The minimum Gasteiger partial charge on any atom is -0.384 e. The van der Waals surface area contributed by atoms with Gasteiger partial charge in [0.15, 0.2) is 0 Å². The van der Waals surface area contributed by atoms with E-state index < -0.39 is 10.5 Å². The third-order valence-corrected chi connectivity index (χ3v) is 4.96. The van der Waals surface area contributed by atoms with Gasteiger partial charge in [-0.05, 0) is 23.8 Å². The smallest absolute Gasteiger partial charge is 0.283 e. The minimum absolute atomic E-state index is 0.0226. The van der Waals surface area contributed by atoms with Gasteiger partial charge in [0.05, 0.1) is 9.82 Å². The zero-order valence-corrected chi connectivity index (χ0v) is 15.0. The van der Waals surface area contributed by atoms with Crippen molar-refractivity contribution in [1.29, 1.82) is 10.5 Å². The van der Waals surface area contributed by atoms with Gasteiger partial charge in [0, 0.05) is 16.5 Å². The van der Waals surface area contributed by atoms with Gasteiger partial charge in [-0.25, -0.2) is 0 Å². The Balaban J connectivity index is 2.22. The van der Waals surface area contributed by atoms with Crippen molar-refractivity contribution in [2.24, 2.45) is 0 Å². The number of aromatic amines is 1. The molecule has 2 aromatic carbocycles. The van der Waals surface area contributed by atoms with Crippen LogP contribution in [0.1, 0.15) is 11.1 Å². The normalized spacial score (nSPS) is 10.1. The van der Waals surface area contributed by atoms with Gasteiger partial charge in [-0.3, -0.25) is 14.9 Å². The van der Waals surface area contributed by atoms with Gasteiger partial charge in [-0.2, -0.15) is 10.5 Å². The van der Waals surface area contributed by atoms with E-state index in [2.05, 4.69) is 4.98 Å². The van der Waals surface area contributed by atoms with Crippen LogP contribution in [0.25, 0.3) is 11.1 Å². The summed E-state index contributed by atoms with van der Waals surface area (Å²) in [5, 5.41) is 30.3. The third-order valence-electron chi connectivity index (χ3n) is 3.88. The van der Waals surface area contributed by atoms with Crippen LogP contribution in [0.5, 0.6) is 0 Å². The Kier molecular flexibility index (Phi) is 5.12. The number of nitro benzene ring substituents is 1. The number of aromatic nitrogens is 1. The molecule has 0 saturated carbocycles. The summed E-state index contributed by atoms with van der Waals surface area (Å²) in [5.74, 6) is -0.202. The second-order valence-electron chi connectivity index (χ2n) is 5.57. The van der Waals surface area contributed by atoms with Crippen molar-refractivity contribution in [1.82, 2.24) is 4.98 Å². The molecule has 3 rings (SSSR count). The third kappa shape index (κ3) is 3.43. The van der Waals surface area contributed by atoms with E-state index in [1.54, 1.807) is 6.07 Å². The zero-order valence-electron chi connectivity index (χ0n) is 14.2. The molecule has 8 nitrogen and oxygen atoms in total. The van der Waals surface area contributed by atoms with Crippen LogP contribution >= 0.6 is 11.8 Å². The van der Waals surface area contributed by atoms with E-state index >= 15 is 0 Å². The molecule has 3 aromatic rings. The lowest BCUT2D eigenvalue weighted by Crippen LogP contribution is -2.16. The molecule has 0 aliphatic rings. The molecule has 0 amide bonds. The molecule has 0 aliphatic carbocycles. The monoisotopic (exact) mass is 389 g/mol. The zero-order chi connectivity index (χ0) is 20.3. The maximum atomic E-state index is 12.1. The van der Waals surface area contributed by atoms with E-state index in [4.69, 9.17) is 5.73 Å².